The summed E-state index contributed by atoms with van der Waals surface area (Å²) in [6.07, 6.45) is 7.99. The van der Waals surface area contributed by atoms with Gasteiger partial charge in [-0.25, -0.2) is 4.79 Å². The van der Waals surface area contributed by atoms with Crippen LogP contribution < -0.4 is 0 Å². The molecule has 1 aliphatic rings. The molecule has 0 radical (unpaired) electrons. The van der Waals surface area contributed by atoms with Gasteiger partial charge < -0.3 is 14.9 Å². The molecule has 0 bridgehead atoms. The number of unbranched alkanes of at least 4 members (excludes halogenated alkanes) is 2. The highest BCUT2D eigenvalue weighted by molar-refractivity contribution is 5.96. The van der Waals surface area contributed by atoms with Crippen molar-refractivity contribution in [2.24, 2.45) is 5.92 Å². The van der Waals surface area contributed by atoms with E-state index in [0.717, 1.165) is 25.7 Å². The molecule has 0 saturated carbocycles. The number of hydrogen-bond acceptors (Lipinski definition) is 3. The quantitative estimate of drug-likeness (QED) is 0.638. The highest BCUT2D eigenvalue weighted by atomic mass is 16.5. The minimum absolute atomic E-state index is 0.0265. The maximum absolute atomic E-state index is 11.7. The van der Waals surface area contributed by atoms with Gasteiger partial charge in [-0.15, -0.1) is 0 Å². The van der Waals surface area contributed by atoms with E-state index >= 15 is 0 Å². The van der Waals surface area contributed by atoms with Gasteiger partial charge in [0.15, 0.2) is 0 Å². The van der Waals surface area contributed by atoms with E-state index in [-0.39, 0.29) is 5.57 Å². The molecule has 1 aliphatic carbocycles. The number of rotatable bonds is 9. The van der Waals surface area contributed by atoms with Crippen molar-refractivity contribution in [3.8, 4) is 0 Å². The van der Waals surface area contributed by atoms with Crippen LogP contribution >= 0.6 is 0 Å². The van der Waals surface area contributed by atoms with Gasteiger partial charge >= 0.3 is 11.9 Å². The summed E-state index contributed by atoms with van der Waals surface area (Å²) < 4.78 is 5.70. The van der Waals surface area contributed by atoms with Crippen LogP contribution in [-0.4, -0.2) is 34.9 Å². The van der Waals surface area contributed by atoms with Gasteiger partial charge in [0.05, 0.1) is 5.57 Å². The largest absolute Gasteiger partial charge is 0.481 e. The van der Waals surface area contributed by atoms with Crippen molar-refractivity contribution in [2.75, 3.05) is 7.11 Å². The first-order valence-electron chi connectivity index (χ1n) is 7.87. The monoisotopic (exact) mass is 310 g/mol. The summed E-state index contributed by atoms with van der Waals surface area (Å²) >= 11 is 0. The summed E-state index contributed by atoms with van der Waals surface area (Å²) in [5.41, 5.74) is -0.195. The number of methoxy groups -OCH3 is 1. The highest BCUT2D eigenvalue weighted by Crippen LogP contribution is 2.40. The molecule has 0 fully saturated rings. The fourth-order valence-corrected chi connectivity index (χ4v) is 3.00. The average molecular weight is 310 g/mol. The zero-order valence-corrected chi connectivity index (χ0v) is 13.6. The molecule has 124 valence electrons. The maximum atomic E-state index is 11.7. The number of carboxylic acids is 2. The molecule has 2 atom stereocenters. The standard InChI is InChI=1S/C17H26O5/c1-4-6-8-13-14(16(20)21)12(15(18)19)9-11-17(13,22-3)10-7-5-2/h9,11-12H,4-8,10H2,1-3H3,(H,18,19)(H,20,21). The molecule has 0 aromatic rings. The number of carbonyl (C=O) groups is 2. The number of hydrogen-bond donors (Lipinski definition) is 2. The molecule has 0 heterocycles. The Hall–Kier alpha value is -1.62. The molecule has 0 amide bonds. The lowest BCUT2D eigenvalue weighted by Gasteiger charge is -2.37. The van der Waals surface area contributed by atoms with Gasteiger partial charge in [-0.05, 0) is 24.8 Å². The molecule has 2 N–H and O–H groups in total. The predicted octanol–water partition coefficient (Wildman–Crippen LogP) is 3.40. The summed E-state index contributed by atoms with van der Waals surface area (Å²) in [6, 6.07) is 0. The first kappa shape index (κ1) is 18.4. The first-order chi connectivity index (χ1) is 10.4. The Labute approximate surface area is 131 Å². The second-order valence-electron chi connectivity index (χ2n) is 5.67. The van der Waals surface area contributed by atoms with E-state index in [4.69, 9.17) is 4.74 Å². The third-order valence-electron chi connectivity index (χ3n) is 4.25. The van der Waals surface area contributed by atoms with E-state index in [1.54, 1.807) is 13.2 Å². The number of carboxylic acid groups (broad SMARTS) is 2. The summed E-state index contributed by atoms with van der Waals surface area (Å²) in [6.45, 7) is 4.08. The predicted molar refractivity (Wildman–Crippen MR) is 83.7 cm³/mol. The molecule has 0 spiro atoms. The molecule has 22 heavy (non-hydrogen) atoms. The first-order valence-corrected chi connectivity index (χ1v) is 7.87. The van der Waals surface area contributed by atoms with E-state index in [0.29, 0.717) is 18.4 Å². The van der Waals surface area contributed by atoms with Crippen LogP contribution in [0, 0.1) is 5.92 Å². The van der Waals surface area contributed by atoms with Crippen molar-refractivity contribution in [3.63, 3.8) is 0 Å². The Balaban J connectivity index is 3.40. The number of ether oxygens (including phenoxy) is 1. The fourth-order valence-electron chi connectivity index (χ4n) is 3.00. The lowest BCUT2D eigenvalue weighted by atomic mass is 9.74. The Kier molecular flexibility index (Phi) is 6.81. The Morgan fingerprint density at radius 3 is 2.32 bits per heavy atom. The van der Waals surface area contributed by atoms with Crippen LogP contribution in [0.15, 0.2) is 23.3 Å². The Morgan fingerprint density at radius 2 is 1.86 bits per heavy atom. The second-order valence-corrected chi connectivity index (χ2v) is 5.67. The summed E-state index contributed by atoms with van der Waals surface area (Å²) in [7, 11) is 1.56. The van der Waals surface area contributed by atoms with Gasteiger partial charge in [-0.3, -0.25) is 4.79 Å². The van der Waals surface area contributed by atoms with Crippen LogP contribution in [0.25, 0.3) is 0 Å². The molecule has 0 aliphatic heterocycles. The molecule has 5 heteroatoms. The van der Waals surface area contributed by atoms with Gasteiger partial charge in [0.25, 0.3) is 0 Å². The van der Waals surface area contributed by atoms with Crippen molar-refractivity contribution < 1.29 is 24.5 Å². The van der Waals surface area contributed by atoms with Crippen molar-refractivity contribution in [3.05, 3.63) is 23.3 Å². The zero-order chi connectivity index (χ0) is 16.8. The Morgan fingerprint density at radius 1 is 1.23 bits per heavy atom. The fraction of sp³-hybridized carbons (Fsp3) is 0.647. The Bertz CT molecular complexity index is 477. The average Bonchev–Trinajstić information content (AvgIpc) is 2.50. The molecule has 0 aromatic heterocycles. The van der Waals surface area contributed by atoms with Gasteiger partial charge in [0, 0.05) is 7.11 Å². The lowest BCUT2D eigenvalue weighted by molar-refractivity contribution is -0.142. The molecule has 0 aromatic carbocycles. The minimum atomic E-state index is -1.17. The van der Waals surface area contributed by atoms with Crippen molar-refractivity contribution >= 4 is 11.9 Å². The summed E-state index contributed by atoms with van der Waals surface area (Å²) in [5.74, 6) is -3.40. The van der Waals surface area contributed by atoms with Gasteiger partial charge in [0.2, 0.25) is 0 Å². The third kappa shape index (κ3) is 3.77. The normalized spacial score (nSPS) is 24.6. The van der Waals surface area contributed by atoms with Crippen LogP contribution in [0.3, 0.4) is 0 Å². The van der Waals surface area contributed by atoms with Crippen LogP contribution in [0.1, 0.15) is 52.4 Å². The molecule has 1 rings (SSSR count). The molecular formula is C17H26O5. The molecular weight excluding hydrogens is 284 g/mol. The number of aliphatic carboxylic acids is 2. The van der Waals surface area contributed by atoms with Gasteiger partial charge in [-0.1, -0.05) is 45.3 Å². The molecule has 2 unspecified atom stereocenters. The van der Waals surface area contributed by atoms with Crippen molar-refractivity contribution in [2.45, 2.75) is 58.0 Å². The van der Waals surface area contributed by atoms with Crippen LogP contribution in [-0.2, 0) is 14.3 Å². The summed E-state index contributed by atoms with van der Waals surface area (Å²) in [4.78, 5) is 23.1. The minimum Gasteiger partial charge on any atom is -0.481 e. The van der Waals surface area contributed by atoms with E-state index in [1.165, 1.54) is 6.08 Å². The highest BCUT2D eigenvalue weighted by Gasteiger charge is 2.42. The SMILES string of the molecule is CCCCC1=C(C(=O)O)C(C(=O)O)C=CC1(CCCC)OC. The zero-order valence-electron chi connectivity index (χ0n) is 13.6. The van der Waals surface area contributed by atoms with E-state index in [9.17, 15) is 19.8 Å². The second kappa shape index (κ2) is 8.13. The van der Waals surface area contributed by atoms with E-state index < -0.39 is 23.5 Å². The van der Waals surface area contributed by atoms with Crippen LogP contribution in [0.4, 0.5) is 0 Å². The van der Waals surface area contributed by atoms with Crippen molar-refractivity contribution in [1.82, 2.24) is 0 Å². The topological polar surface area (TPSA) is 83.8 Å². The van der Waals surface area contributed by atoms with E-state index in [2.05, 4.69) is 6.92 Å². The summed E-state index contributed by atoms with van der Waals surface area (Å²) in [5, 5.41) is 18.9. The maximum Gasteiger partial charge on any atom is 0.332 e. The molecule has 5 nitrogen and oxygen atoms in total. The van der Waals surface area contributed by atoms with Crippen molar-refractivity contribution in [1.29, 1.82) is 0 Å². The van der Waals surface area contributed by atoms with Gasteiger partial charge in [-0.2, -0.15) is 0 Å². The van der Waals surface area contributed by atoms with Crippen LogP contribution in [0.2, 0.25) is 0 Å². The van der Waals surface area contributed by atoms with Gasteiger partial charge in [0.1, 0.15) is 11.5 Å². The van der Waals surface area contributed by atoms with Crippen LogP contribution in [0.5, 0.6) is 0 Å². The third-order valence-corrected chi connectivity index (χ3v) is 4.25. The lowest BCUT2D eigenvalue weighted by Crippen LogP contribution is -2.39. The van der Waals surface area contributed by atoms with E-state index in [1.807, 2.05) is 6.92 Å². The molecule has 0 saturated heterocycles. The smallest absolute Gasteiger partial charge is 0.332 e.